The molecule has 18 heavy (non-hydrogen) atoms. The molecule has 1 aromatic rings. The van der Waals surface area contributed by atoms with Gasteiger partial charge >= 0.3 is 0 Å². The summed E-state index contributed by atoms with van der Waals surface area (Å²) in [5, 5.41) is 4.07. The zero-order chi connectivity index (χ0) is 13.3. The highest BCUT2D eigenvalue weighted by atomic mass is 35.5. The van der Waals surface area contributed by atoms with Crippen molar-refractivity contribution in [2.24, 2.45) is 7.05 Å². The predicted octanol–water partition coefficient (Wildman–Crippen LogP) is 0.437. The number of sulfonamides is 1. The monoisotopic (exact) mass is 293 g/mol. The fraction of sp³-hybridized carbons (Fsp3) is 0.700. The molecule has 8 heteroatoms. The minimum Gasteiger partial charge on any atom is -0.371 e. The molecule has 1 fully saturated rings. The van der Waals surface area contributed by atoms with Gasteiger partial charge in [-0.25, -0.2) is 8.42 Å². The number of morpholine rings is 1. The van der Waals surface area contributed by atoms with E-state index in [4.69, 9.17) is 16.3 Å². The molecule has 0 saturated carbocycles. The number of aromatic nitrogens is 2. The summed E-state index contributed by atoms with van der Waals surface area (Å²) >= 11 is 5.75. The van der Waals surface area contributed by atoms with Gasteiger partial charge in [-0.1, -0.05) is 0 Å². The standard InChI is InChI=1S/C10H16ClN3O3S/c1-8-6-14(7-9(5-11)17-8)18(15,16)10-3-4-12-13(10)2/h3-4,8-9H,5-7H2,1-2H3. The van der Waals surface area contributed by atoms with E-state index in [1.807, 2.05) is 6.92 Å². The first-order valence-corrected chi connectivity index (χ1v) is 7.62. The van der Waals surface area contributed by atoms with Crippen molar-refractivity contribution in [2.75, 3.05) is 19.0 Å². The van der Waals surface area contributed by atoms with Gasteiger partial charge in [-0.05, 0) is 13.0 Å². The average molecular weight is 294 g/mol. The lowest BCUT2D eigenvalue weighted by atomic mass is 10.3. The Labute approximate surface area is 112 Å². The lowest BCUT2D eigenvalue weighted by molar-refractivity contribution is -0.0424. The maximum absolute atomic E-state index is 12.4. The van der Waals surface area contributed by atoms with Crippen LogP contribution in [0.5, 0.6) is 0 Å². The van der Waals surface area contributed by atoms with Crippen molar-refractivity contribution in [2.45, 2.75) is 24.2 Å². The van der Waals surface area contributed by atoms with Crippen molar-refractivity contribution < 1.29 is 13.2 Å². The molecule has 0 radical (unpaired) electrons. The van der Waals surface area contributed by atoms with Crippen LogP contribution in [0, 0.1) is 0 Å². The zero-order valence-corrected chi connectivity index (χ0v) is 11.9. The number of ether oxygens (including phenoxy) is 1. The van der Waals surface area contributed by atoms with E-state index in [-0.39, 0.29) is 29.7 Å². The van der Waals surface area contributed by atoms with Gasteiger partial charge in [0.1, 0.15) is 0 Å². The third kappa shape index (κ3) is 2.54. The van der Waals surface area contributed by atoms with E-state index in [0.29, 0.717) is 6.54 Å². The number of rotatable bonds is 3. The Kier molecular flexibility index (Phi) is 3.96. The maximum atomic E-state index is 12.4. The highest BCUT2D eigenvalue weighted by Crippen LogP contribution is 2.20. The molecule has 0 amide bonds. The first kappa shape index (κ1) is 13.8. The normalized spacial score (nSPS) is 26.4. The largest absolute Gasteiger partial charge is 0.371 e. The van der Waals surface area contributed by atoms with Gasteiger partial charge in [0.2, 0.25) is 0 Å². The van der Waals surface area contributed by atoms with Gasteiger partial charge in [0, 0.05) is 26.0 Å². The van der Waals surface area contributed by atoms with Gasteiger partial charge in [-0.15, -0.1) is 11.6 Å². The van der Waals surface area contributed by atoms with Gasteiger partial charge in [0.15, 0.2) is 5.03 Å². The van der Waals surface area contributed by atoms with E-state index in [1.54, 1.807) is 7.05 Å². The van der Waals surface area contributed by atoms with Gasteiger partial charge in [0.05, 0.1) is 18.4 Å². The summed E-state index contributed by atoms with van der Waals surface area (Å²) in [5.41, 5.74) is 0. The van der Waals surface area contributed by atoms with Crippen LogP contribution in [0.4, 0.5) is 0 Å². The molecule has 6 nitrogen and oxygen atoms in total. The van der Waals surface area contributed by atoms with Crippen LogP contribution in [-0.4, -0.2) is 53.7 Å². The second-order valence-electron chi connectivity index (χ2n) is 4.34. The second-order valence-corrected chi connectivity index (χ2v) is 6.53. The first-order valence-electron chi connectivity index (χ1n) is 5.64. The summed E-state index contributed by atoms with van der Waals surface area (Å²) in [5.74, 6) is 0.280. The summed E-state index contributed by atoms with van der Waals surface area (Å²) < 4.78 is 33.2. The van der Waals surface area contributed by atoms with Crippen LogP contribution >= 0.6 is 11.6 Å². The summed E-state index contributed by atoms with van der Waals surface area (Å²) in [4.78, 5) is 0. The molecule has 0 bridgehead atoms. The quantitative estimate of drug-likeness (QED) is 0.759. The number of hydrogen-bond donors (Lipinski definition) is 0. The molecule has 102 valence electrons. The first-order chi connectivity index (χ1) is 8.45. The number of nitrogens with zero attached hydrogens (tertiary/aromatic N) is 3. The smallest absolute Gasteiger partial charge is 0.260 e. The van der Waals surface area contributed by atoms with E-state index in [9.17, 15) is 8.42 Å². The Morgan fingerprint density at radius 2 is 2.28 bits per heavy atom. The van der Waals surface area contributed by atoms with E-state index >= 15 is 0 Å². The van der Waals surface area contributed by atoms with E-state index in [2.05, 4.69) is 5.10 Å². The summed E-state index contributed by atoms with van der Waals surface area (Å²) in [6.07, 6.45) is 1.04. The van der Waals surface area contributed by atoms with Crippen LogP contribution in [0.25, 0.3) is 0 Å². The fourth-order valence-electron chi connectivity index (χ4n) is 2.03. The number of hydrogen-bond acceptors (Lipinski definition) is 4. The third-order valence-electron chi connectivity index (χ3n) is 2.85. The van der Waals surface area contributed by atoms with Crippen LogP contribution in [0.3, 0.4) is 0 Å². The van der Waals surface area contributed by atoms with Crippen molar-refractivity contribution in [3.05, 3.63) is 12.3 Å². The van der Waals surface area contributed by atoms with Crippen LogP contribution in [0.2, 0.25) is 0 Å². The minimum atomic E-state index is -3.53. The Hall–Kier alpha value is -0.630. The topological polar surface area (TPSA) is 64.4 Å². The minimum absolute atomic E-state index is 0.162. The van der Waals surface area contributed by atoms with Crippen molar-refractivity contribution in [3.63, 3.8) is 0 Å². The Morgan fingerprint density at radius 1 is 1.56 bits per heavy atom. The van der Waals surface area contributed by atoms with Gasteiger partial charge < -0.3 is 4.74 Å². The molecule has 2 heterocycles. The Morgan fingerprint density at radius 3 is 2.83 bits per heavy atom. The molecular formula is C10H16ClN3O3S. The second kappa shape index (κ2) is 5.16. The number of alkyl halides is 1. The Balaban J connectivity index is 2.28. The molecular weight excluding hydrogens is 278 g/mol. The van der Waals surface area contributed by atoms with Crippen molar-refractivity contribution >= 4 is 21.6 Å². The molecule has 1 saturated heterocycles. The van der Waals surface area contributed by atoms with Crippen LogP contribution < -0.4 is 0 Å². The zero-order valence-electron chi connectivity index (χ0n) is 10.3. The molecule has 1 aliphatic heterocycles. The molecule has 2 atom stereocenters. The van der Waals surface area contributed by atoms with Crippen molar-refractivity contribution in [1.29, 1.82) is 0 Å². The molecule has 0 aliphatic carbocycles. The number of aryl methyl sites for hydroxylation is 1. The van der Waals surface area contributed by atoms with Crippen LogP contribution in [-0.2, 0) is 21.8 Å². The molecule has 1 aromatic heterocycles. The summed E-state index contributed by atoms with van der Waals surface area (Å²) in [6, 6.07) is 1.49. The van der Waals surface area contributed by atoms with Crippen LogP contribution in [0.15, 0.2) is 17.3 Å². The summed E-state index contributed by atoms with van der Waals surface area (Å²) in [7, 11) is -1.92. The lowest BCUT2D eigenvalue weighted by Crippen LogP contribution is -2.49. The lowest BCUT2D eigenvalue weighted by Gasteiger charge is -2.35. The van der Waals surface area contributed by atoms with E-state index in [1.165, 1.54) is 21.3 Å². The third-order valence-corrected chi connectivity index (χ3v) is 5.10. The van der Waals surface area contributed by atoms with Crippen molar-refractivity contribution in [1.82, 2.24) is 14.1 Å². The van der Waals surface area contributed by atoms with Gasteiger partial charge in [-0.2, -0.15) is 9.40 Å². The molecule has 2 unspecified atom stereocenters. The van der Waals surface area contributed by atoms with Crippen LogP contribution in [0.1, 0.15) is 6.92 Å². The van der Waals surface area contributed by atoms with E-state index in [0.717, 1.165) is 0 Å². The molecule has 1 aliphatic rings. The molecule has 0 N–H and O–H groups in total. The van der Waals surface area contributed by atoms with Gasteiger partial charge in [0.25, 0.3) is 10.0 Å². The highest BCUT2D eigenvalue weighted by molar-refractivity contribution is 7.89. The predicted molar refractivity (Wildman–Crippen MR) is 67.0 cm³/mol. The Bertz CT molecular complexity index is 516. The molecule has 0 aromatic carbocycles. The molecule has 2 rings (SSSR count). The molecule has 0 spiro atoms. The van der Waals surface area contributed by atoms with Gasteiger partial charge in [-0.3, -0.25) is 4.68 Å². The maximum Gasteiger partial charge on any atom is 0.260 e. The SMILES string of the molecule is CC1CN(S(=O)(=O)c2ccnn2C)CC(CCl)O1. The van der Waals surface area contributed by atoms with Crippen molar-refractivity contribution in [3.8, 4) is 0 Å². The average Bonchev–Trinajstić information content (AvgIpc) is 2.75. The fourth-order valence-corrected chi connectivity index (χ4v) is 3.85. The highest BCUT2D eigenvalue weighted by Gasteiger charge is 2.34. The van der Waals surface area contributed by atoms with E-state index < -0.39 is 10.0 Å². The summed E-state index contributed by atoms with van der Waals surface area (Å²) in [6.45, 7) is 2.45. The number of halogens is 1.